The second kappa shape index (κ2) is 6.03. The maximum atomic E-state index is 13.9. The number of fused-ring (bicyclic) bond motifs is 3. The molecule has 0 aliphatic carbocycles. The van der Waals surface area contributed by atoms with Gasteiger partial charge in [-0.2, -0.15) is 0 Å². The number of anilines is 1. The van der Waals surface area contributed by atoms with E-state index in [0.717, 1.165) is 16.8 Å². The van der Waals surface area contributed by atoms with Crippen molar-refractivity contribution in [3.63, 3.8) is 0 Å². The molecule has 4 aromatic rings. The van der Waals surface area contributed by atoms with E-state index >= 15 is 0 Å². The Morgan fingerprint density at radius 3 is 2.46 bits per heavy atom. The zero-order valence-electron chi connectivity index (χ0n) is 13.7. The molecule has 0 aliphatic heterocycles. The SMILES string of the molecule is COc1cc2c(cc1NS(=O)(=O)c1ccccc1F)oc1ccccc12. The fourth-order valence-corrected chi connectivity index (χ4v) is 4.00. The molecule has 1 heterocycles. The summed E-state index contributed by atoms with van der Waals surface area (Å²) in [5.74, 6) is -0.521. The van der Waals surface area contributed by atoms with Gasteiger partial charge in [-0.15, -0.1) is 0 Å². The monoisotopic (exact) mass is 371 g/mol. The third-order valence-electron chi connectivity index (χ3n) is 4.07. The number of methoxy groups -OCH3 is 1. The average Bonchev–Trinajstić information content (AvgIpc) is 2.98. The van der Waals surface area contributed by atoms with E-state index in [2.05, 4.69) is 4.72 Å². The van der Waals surface area contributed by atoms with Gasteiger partial charge in [-0.25, -0.2) is 12.8 Å². The van der Waals surface area contributed by atoms with Crippen LogP contribution in [0.25, 0.3) is 21.9 Å². The molecule has 0 saturated carbocycles. The van der Waals surface area contributed by atoms with Gasteiger partial charge in [0.2, 0.25) is 0 Å². The zero-order chi connectivity index (χ0) is 18.3. The van der Waals surface area contributed by atoms with Crippen LogP contribution >= 0.6 is 0 Å². The smallest absolute Gasteiger partial charge is 0.264 e. The Labute approximate surface area is 149 Å². The largest absolute Gasteiger partial charge is 0.495 e. The lowest BCUT2D eigenvalue weighted by Gasteiger charge is -2.12. The van der Waals surface area contributed by atoms with Gasteiger partial charge in [-0.05, 0) is 24.3 Å². The van der Waals surface area contributed by atoms with E-state index in [-0.39, 0.29) is 5.69 Å². The van der Waals surface area contributed by atoms with Crippen molar-refractivity contribution in [2.45, 2.75) is 4.90 Å². The molecule has 0 amide bonds. The summed E-state index contributed by atoms with van der Waals surface area (Å²) in [7, 11) is -2.69. The second-order valence-corrected chi connectivity index (χ2v) is 7.33. The topological polar surface area (TPSA) is 68.5 Å². The number of halogens is 1. The average molecular weight is 371 g/mol. The molecule has 0 saturated heterocycles. The molecule has 0 bridgehead atoms. The van der Waals surface area contributed by atoms with Gasteiger partial charge in [-0.1, -0.05) is 30.3 Å². The molecule has 3 aromatic carbocycles. The summed E-state index contributed by atoms with van der Waals surface area (Å²) in [6, 6.07) is 15.9. The fraction of sp³-hybridized carbons (Fsp3) is 0.0526. The third kappa shape index (κ3) is 2.66. The fourth-order valence-electron chi connectivity index (χ4n) is 2.86. The maximum Gasteiger partial charge on any atom is 0.264 e. The Morgan fingerprint density at radius 1 is 0.962 bits per heavy atom. The molecule has 0 radical (unpaired) electrons. The Morgan fingerprint density at radius 2 is 1.69 bits per heavy atom. The molecule has 4 rings (SSSR count). The van der Waals surface area contributed by atoms with Crippen molar-refractivity contribution in [1.29, 1.82) is 0 Å². The number of benzene rings is 3. The standard InChI is InChI=1S/C19H14FNO4S/c1-24-18-10-13-12-6-2-4-8-16(12)25-17(13)11-15(18)21-26(22,23)19-9-5-3-7-14(19)20/h2-11,21H,1H3. The Bertz CT molecular complexity index is 1230. The number of rotatable bonds is 4. The van der Waals surface area contributed by atoms with Crippen LogP contribution in [0.3, 0.4) is 0 Å². The Kier molecular flexibility index (Phi) is 3.81. The van der Waals surface area contributed by atoms with Crippen LogP contribution in [0.4, 0.5) is 10.1 Å². The molecule has 132 valence electrons. The van der Waals surface area contributed by atoms with E-state index in [9.17, 15) is 12.8 Å². The predicted octanol–water partition coefficient (Wildman–Crippen LogP) is 4.53. The molecular weight excluding hydrogens is 357 g/mol. The highest BCUT2D eigenvalue weighted by Gasteiger charge is 2.21. The summed E-state index contributed by atoms with van der Waals surface area (Å²) in [6.45, 7) is 0. The molecule has 5 nitrogen and oxygen atoms in total. The van der Waals surface area contributed by atoms with E-state index in [4.69, 9.17) is 9.15 Å². The van der Waals surface area contributed by atoms with Gasteiger partial charge >= 0.3 is 0 Å². The van der Waals surface area contributed by atoms with E-state index in [0.29, 0.717) is 16.9 Å². The van der Waals surface area contributed by atoms with Crippen LogP contribution < -0.4 is 9.46 Å². The van der Waals surface area contributed by atoms with Crippen LogP contribution in [0.15, 0.2) is 70.0 Å². The van der Waals surface area contributed by atoms with Gasteiger partial charge in [0.05, 0.1) is 12.8 Å². The first-order valence-electron chi connectivity index (χ1n) is 7.76. The first-order chi connectivity index (χ1) is 12.5. The van der Waals surface area contributed by atoms with Crippen LogP contribution in [-0.4, -0.2) is 15.5 Å². The summed E-state index contributed by atoms with van der Waals surface area (Å²) < 4.78 is 52.5. The lowest BCUT2D eigenvalue weighted by molar-refractivity contribution is 0.417. The molecule has 0 aliphatic rings. The molecule has 0 unspecified atom stereocenters. The molecular formula is C19H14FNO4S. The van der Waals surface area contributed by atoms with E-state index in [1.165, 1.54) is 31.4 Å². The molecule has 1 N–H and O–H groups in total. The third-order valence-corrected chi connectivity index (χ3v) is 5.47. The van der Waals surface area contributed by atoms with Crippen molar-refractivity contribution >= 4 is 37.6 Å². The minimum Gasteiger partial charge on any atom is -0.495 e. The van der Waals surface area contributed by atoms with E-state index in [1.54, 1.807) is 6.07 Å². The highest BCUT2D eigenvalue weighted by atomic mass is 32.2. The quantitative estimate of drug-likeness (QED) is 0.572. The molecule has 7 heteroatoms. The van der Waals surface area contributed by atoms with Gasteiger partial charge in [0, 0.05) is 16.8 Å². The van der Waals surface area contributed by atoms with Crippen molar-refractivity contribution < 1.29 is 22.0 Å². The van der Waals surface area contributed by atoms with Crippen LogP contribution in [0.2, 0.25) is 0 Å². The van der Waals surface area contributed by atoms with Crippen LogP contribution in [-0.2, 0) is 10.0 Å². The predicted molar refractivity (Wildman–Crippen MR) is 97.5 cm³/mol. The number of para-hydroxylation sites is 1. The highest BCUT2D eigenvalue weighted by Crippen LogP contribution is 2.37. The number of hydrogen-bond acceptors (Lipinski definition) is 4. The minimum atomic E-state index is -4.12. The Balaban J connectivity index is 1.86. The van der Waals surface area contributed by atoms with Gasteiger partial charge in [0.25, 0.3) is 10.0 Å². The number of furan rings is 1. The van der Waals surface area contributed by atoms with Crippen molar-refractivity contribution in [1.82, 2.24) is 0 Å². The van der Waals surface area contributed by atoms with E-state index in [1.807, 2.05) is 24.3 Å². The van der Waals surface area contributed by atoms with Crippen LogP contribution in [0.5, 0.6) is 5.75 Å². The van der Waals surface area contributed by atoms with Gasteiger partial charge < -0.3 is 9.15 Å². The zero-order valence-corrected chi connectivity index (χ0v) is 14.5. The van der Waals surface area contributed by atoms with Gasteiger partial charge in [-0.3, -0.25) is 4.72 Å². The maximum absolute atomic E-state index is 13.9. The van der Waals surface area contributed by atoms with Crippen molar-refractivity contribution in [2.24, 2.45) is 0 Å². The molecule has 1 aromatic heterocycles. The summed E-state index contributed by atoms with van der Waals surface area (Å²) in [5.41, 5.74) is 1.35. The van der Waals surface area contributed by atoms with E-state index < -0.39 is 20.7 Å². The number of nitrogens with one attached hydrogen (secondary N) is 1. The van der Waals surface area contributed by atoms with Crippen LogP contribution in [0.1, 0.15) is 0 Å². The summed E-state index contributed by atoms with van der Waals surface area (Å²) in [6.07, 6.45) is 0. The first kappa shape index (κ1) is 16.4. The van der Waals surface area contributed by atoms with Crippen molar-refractivity contribution in [3.05, 3.63) is 66.5 Å². The lowest BCUT2D eigenvalue weighted by atomic mass is 10.1. The van der Waals surface area contributed by atoms with Crippen molar-refractivity contribution in [2.75, 3.05) is 11.8 Å². The van der Waals surface area contributed by atoms with Gasteiger partial charge in [0.1, 0.15) is 27.6 Å². The summed E-state index contributed by atoms with van der Waals surface area (Å²) >= 11 is 0. The second-order valence-electron chi connectivity index (χ2n) is 5.68. The Hall–Kier alpha value is -3.06. The molecule has 0 atom stereocenters. The number of ether oxygens (including phenoxy) is 1. The summed E-state index contributed by atoms with van der Waals surface area (Å²) in [5, 5.41) is 1.69. The number of sulfonamides is 1. The normalized spacial score (nSPS) is 11.8. The van der Waals surface area contributed by atoms with Crippen LogP contribution in [0, 0.1) is 5.82 Å². The first-order valence-corrected chi connectivity index (χ1v) is 9.24. The molecule has 0 spiro atoms. The molecule has 26 heavy (non-hydrogen) atoms. The summed E-state index contributed by atoms with van der Waals surface area (Å²) in [4.78, 5) is -0.438. The van der Waals surface area contributed by atoms with Crippen molar-refractivity contribution in [3.8, 4) is 5.75 Å². The highest BCUT2D eigenvalue weighted by molar-refractivity contribution is 7.92. The minimum absolute atomic E-state index is 0.169. The van der Waals surface area contributed by atoms with Gasteiger partial charge in [0.15, 0.2) is 0 Å². The molecule has 0 fully saturated rings. The lowest BCUT2D eigenvalue weighted by Crippen LogP contribution is -2.15. The number of hydrogen-bond donors (Lipinski definition) is 1.